The summed E-state index contributed by atoms with van der Waals surface area (Å²) in [5.41, 5.74) is 0.937. The molecule has 2 amide bonds. The van der Waals surface area contributed by atoms with E-state index in [0.717, 1.165) is 12.8 Å². The Balaban J connectivity index is 1.49. The number of alkyl halides is 3. The van der Waals surface area contributed by atoms with Gasteiger partial charge in [-0.05, 0) is 25.8 Å². The Morgan fingerprint density at radius 1 is 1.24 bits per heavy atom. The number of ether oxygens (including phenoxy) is 1. The van der Waals surface area contributed by atoms with Gasteiger partial charge in [0.25, 0.3) is 0 Å². The van der Waals surface area contributed by atoms with Crippen LogP contribution in [0.5, 0.6) is 0 Å². The van der Waals surface area contributed by atoms with Crippen molar-refractivity contribution in [2.45, 2.75) is 38.2 Å². The van der Waals surface area contributed by atoms with Crippen molar-refractivity contribution >= 4 is 23.3 Å². The highest BCUT2D eigenvalue weighted by Crippen LogP contribution is 2.31. The van der Waals surface area contributed by atoms with Gasteiger partial charge in [-0.15, -0.1) is 0 Å². The number of anilines is 2. The molecule has 0 aromatic carbocycles. The van der Waals surface area contributed by atoms with Crippen molar-refractivity contribution in [3.63, 3.8) is 0 Å². The van der Waals surface area contributed by atoms with Crippen molar-refractivity contribution in [2.24, 2.45) is 5.92 Å². The lowest BCUT2D eigenvalue weighted by atomic mass is 10.1. The smallest absolute Gasteiger partial charge is 0.372 e. The summed E-state index contributed by atoms with van der Waals surface area (Å²) in [4.78, 5) is 37.6. The van der Waals surface area contributed by atoms with Crippen molar-refractivity contribution in [2.75, 3.05) is 23.8 Å². The third-order valence-electron chi connectivity index (χ3n) is 5.34. The van der Waals surface area contributed by atoms with Gasteiger partial charge in [-0.1, -0.05) is 0 Å². The number of nitrogens with one attached hydrogen (secondary N) is 2. The van der Waals surface area contributed by atoms with Gasteiger partial charge < -0.3 is 20.3 Å². The number of nitrogens with zero attached hydrogens (tertiary/aromatic N) is 5. The predicted octanol–water partition coefficient (Wildman–Crippen LogP) is 2.31. The molecule has 2 aromatic rings. The Labute approximate surface area is 192 Å². The van der Waals surface area contributed by atoms with Crippen molar-refractivity contribution in [3.8, 4) is 17.3 Å². The number of halogens is 3. The maximum absolute atomic E-state index is 13.1. The van der Waals surface area contributed by atoms with Crippen LogP contribution in [0.25, 0.3) is 11.3 Å². The highest BCUT2D eigenvalue weighted by molar-refractivity contribution is 5.93. The molecular weight excluding hydrogens is 455 g/mol. The molecule has 2 atom stereocenters. The summed E-state index contributed by atoms with van der Waals surface area (Å²) in [7, 11) is 0. The first-order chi connectivity index (χ1) is 16.2. The molecule has 178 valence electrons. The standard InChI is InChI=1S/C21H20F3N7O3/c1-11(19(33)31-4-5-34-20(31)21(22,23)24)29-14-6-13(8-26-15(14)7-25)16-9-28-17(10-27-16)30-18(32)12-2-3-12/h6,8-12,20,29H,2-5H2,1H3,(H,28,30,32)/t11-,20+/m0/s1. The van der Waals surface area contributed by atoms with E-state index in [2.05, 4.69) is 30.3 Å². The predicted molar refractivity (Wildman–Crippen MR) is 112 cm³/mol. The molecule has 13 heteroatoms. The molecule has 1 aliphatic heterocycles. The Hall–Kier alpha value is -3.79. The molecule has 1 saturated carbocycles. The second-order valence-corrected chi connectivity index (χ2v) is 7.94. The van der Waals surface area contributed by atoms with E-state index in [1.165, 1.54) is 31.6 Å². The molecule has 0 spiro atoms. The van der Waals surface area contributed by atoms with Crippen LogP contribution in [0.4, 0.5) is 24.7 Å². The van der Waals surface area contributed by atoms with E-state index in [9.17, 15) is 28.0 Å². The monoisotopic (exact) mass is 475 g/mol. The van der Waals surface area contributed by atoms with Crippen LogP contribution in [-0.2, 0) is 14.3 Å². The molecule has 3 heterocycles. The first-order valence-electron chi connectivity index (χ1n) is 10.5. The van der Waals surface area contributed by atoms with Crippen molar-refractivity contribution in [1.82, 2.24) is 19.9 Å². The molecule has 2 fully saturated rings. The van der Waals surface area contributed by atoms with Crippen LogP contribution in [0.15, 0.2) is 24.7 Å². The fraction of sp³-hybridized carbons (Fsp3) is 0.429. The molecule has 10 nitrogen and oxygen atoms in total. The molecular formula is C21H20F3N7O3. The lowest BCUT2D eigenvalue weighted by molar-refractivity contribution is -0.238. The van der Waals surface area contributed by atoms with Gasteiger partial charge in [0.1, 0.15) is 12.1 Å². The first kappa shape index (κ1) is 23.4. The SMILES string of the molecule is C[C@H](Nc1cc(-c2cnc(NC(=O)C3CC3)cn2)cnc1C#N)C(=O)N1CCO[C@@H]1C(F)(F)F. The Bertz CT molecular complexity index is 1130. The number of rotatable bonds is 6. The first-order valence-corrected chi connectivity index (χ1v) is 10.5. The molecule has 2 N–H and O–H groups in total. The average Bonchev–Trinajstić information content (AvgIpc) is 3.54. The maximum Gasteiger partial charge on any atom is 0.433 e. The van der Waals surface area contributed by atoms with Gasteiger partial charge in [-0.2, -0.15) is 18.4 Å². The minimum Gasteiger partial charge on any atom is -0.372 e. The zero-order valence-electron chi connectivity index (χ0n) is 18.0. The summed E-state index contributed by atoms with van der Waals surface area (Å²) in [5.74, 6) is -0.624. The number of carbonyl (C=O) groups is 2. The minimum absolute atomic E-state index is 0.0149. The lowest BCUT2D eigenvalue weighted by Crippen LogP contribution is -2.50. The number of carbonyl (C=O) groups excluding carboxylic acids is 2. The molecule has 0 radical (unpaired) electrons. The third-order valence-corrected chi connectivity index (χ3v) is 5.34. The number of amides is 2. The molecule has 0 unspecified atom stereocenters. The van der Waals surface area contributed by atoms with Gasteiger partial charge >= 0.3 is 6.18 Å². The van der Waals surface area contributed by atoms with Crippen LogP contribution < -0.4 is 10.6 Å². The Kier molecular flexibility index (Phi) is 6.34. The maximum atomic E-state index is 13.1. The van der Waals surface area contributed by atoms with Crippen LogP contribution in [0.3, 0.4) is 0 Å². The Morgan fingerprint density at radius 3 is 2.62 bits per heavy atom. The zero-order chi connectivity index (χ0) is 24.5. The van der Waals surface area contributed by atoms with Gasteiger partial charge in [-0.25, -0.2) is 9.97 Å². The summed E-state index contributed by atoms with van der Waals surface area (Å²) in [5, 5.41) is 14.8. The fourth-order valence-electron chi connectivity index (χ4n) is 3.43. The zero-order valence-corrected chi connectivity index (χ0v) is 18.0. The fourth-order valence-corrected chi connectivity index (χ4v) is 3.43. The lowest BCUT2D eigenvalue weighted by Gasteiger charge is -2.28. The van der Waals surface area contributed by atoms with Crippen molar-refractivity contribution in [3.05, 3.63) is 30.4 Å². The van der Waals surface area contributed by atoms with Crippen molar-refractivity contribution < 1.29 is 27.5 Å². The van der Waals surface area contributed by atoms with Crippen LogP contribution in [0, 0.1) is 17.2 Å². The molecule has 1 saturated heterocycles. The van der Waals surface area contributed by atoms with E-state index in [-0.39, 0.29) is 36.4 Å². The number of hydrogen-bond donors (Lipinski definition) is 2. The van der Waals surface area contributed by atoms with Crippen LogP contribution in [-0.4, -0.2) is 63.3 Å². The summed E-state index contributed by atoms with van der Waals surface area (Å²) >= 11 is 0. The van der Waals surface area contributed by atoms with E-state index >= 15 is 0 Å². The topological polar surface area (TPSA) is 133 Å². The van der Waals surface area contributed by atoms with Gasteiger partial charge in [0.2, 0.25) is 18.0 Å². The molecule has 34 heavy (non-hydrogen) atoms. The second kappa shape index (κ2) is 9.22. The third kappa shape index (κ3) is 5.07. The second-order valence-electron chi connectivity index (χ2n) is 7.94. The number of pyridine rings is 1. The number of nitriles is 1. The summed E-state index contributed by atoms with van der Waals surface area (Å²) in [6.45, 7) is 0.968. The normalized spacial score (nSPS) is 18.8. The minimum atomic E-state index is -4.71. The molecule has 1 aliphatic carbocycles. The summed E-state index contributed by atoms with van der Waals surface area (Å²) in [6, 6.07) is 2.29. The van der Waals surface area contributed by atoms with Crippen LogP contribution >= 0.6 is 0 Å². The van der Waals surface area contributed by atoms with Gasteiger partial charge in [0, 0.05) is 24.2 Å². The largest absolute Gasteiger partial charge is 0.433 e. The quantitative estimate of drug-likeness (QED) is 0.650. The highest BCUT2D eigenvalue weighted by atomic mass is 19.4. The van der Waals surface area contributed by atoms with Gasteiger partial charge in [0.05, 0.1) is 30.4 Å². The summed E-state index contributed by atoms with van der Waals surface area (Å²) in [6.07, 6.45) is -1.13. The highest BCUT2D eigenvalue weighted by Gasteiger charge is 2.50. The number of hydrogen-bond acceptors (Lipinski definition) is 8. The number of aromatic nitrogens is 3. The van der Waals surface area contributed by atoms with E-state index in [1.807, 2.05) is 6.07 Å². The average molecular weight is 475 g/mol. The summed E-state index contributed by atoms with van der Waals surface area (Å²) < 4.78 is 44.1. The molecule has 0 bridgehead atoms. The van der Waals surface area contributed by atoms with E-state index < -0.39 is 24.4 Å². The van der Waals surface area contributed by atoms with Crippen molar-refractivity contribution in [1.29, 1.82) is 5.26 Å². The van der Waals surface area contributed by atoms with Crippen LogP contribution in [0.2, 0.25) is 0 Å². The van der Waals surface area contributed by atoms with Gasteiger partial charge in [-0.3, -0.25) is 14.6 Å². The molecule has 2 aromatic heterocycles. The molecule has 4 rings (SSSR count). The van der Waals surface area contributed by atoms with Gasteiger partial charge in [0.15, 0.2) is 11.5 Å². The van der Waals surface area contributed by atoms with Crippen LogP contribution in [0.1, 0.15) is 25.5 Å². The molecule has 2 aliphatic rings. The Morgan fingerprint density at radius 2 is 2.00 bits per heavy atom. The van der Waals surface area contributed by atoms with E-state index in [4.69, 9.17) is 0 Å². The van der Waals surface area contributed by atoms with E-state index in [1.54, 1.807) is 0 Å². The van der Waals surface area contributed by atoms with E-state index in [0.29, 0.717) is 22.0 Å².